The van der Waals surface area contributed by atoms with E-state index in [9.17, 15) is 30.0 Å². The predicted molar refractivity (Wildman–Crippen MR) is 276 cm³/mol. The second-order valence-corrected chi connectivity index (χ2v) is 20.6. The number of ether oxygens (including phenoxy) is 4. The van der Waals surface area contributed by atoms with Gasteiger partial charge in [0.1, 0.15) is 28.6 Å². The number of nitrogens with one attached hydrogen (secondary N) is 1. The number of unbranched alkanes of at least 4 members (excludes halogenated alkanes) is 1. The first kappa shape index (κ1) is 52.9. The highest BCUT2D eigenvalue weighted by Crippen LogP contribution is 2.52. The van der Waals surface area contributed by atoms with Crippen LogP contribution in [0.5, 0.6) is 17.2 Å². The first-order chi connectivity index (χ1) is 34.8. The molecule has 0 aliphatic carbocycles. The van der Waals surface area contributed by atoms with Crippen LogP contribution in [0, 0.1) is 30.6 Å². The van der Waals surface area contributed by atoms with Gasteiger partial charge in [-0.1, -0.05) is 120 Å². The van der Waals surface area contributed by atoms with Crippen molar-refractivity contribution in [3.63, 3.8) is 0 Å². The van der Waals surface area contributed by atoms with Gasteiger partial charge in [-0.15, -0.1) is 0 Å². The van der Waals surface area contributed by atoms with Crippen LogP contribution in [-0.4, -0.2) is 92.5 Å². The molecule has 1 amide bonds. The van der Waals surface area contributed by atoms with Gasteiger partial charge in [-0.05, 0) is 44.0 Å². The molecule has 4 aliphatic rings. The van der Waals surface area contributed by atoms with Crippen LogP contribution in [0.3, 0.4) is 0 Å². The number of fused-ring (bicyclic) bond motifs is 1. The molecule has 12 atom stereocenters. The van der Waals surface area contributed by atoms with E-state index in [1.54, 1.807) is 65.8 Å². The lowest BCUT2D eigenvalue weighted by molar-refractivity contribution is -0.160. The van der Waals surface area contributed by atoms with Crippen molar-refractivity contribution in [3.8, 4) is 17.2 Å². The van der Waals surface area contributed by atoms with Crippen molar-refractivity contribution in [2.75, 3.05) is 19.0 Å². The maximum Gasteiger partial charge on any atom is 0.312 e. The number of amides is 1. The number of rotatable bonds is 7. The molecule has 8 rings (SSSR count). The molecular weight excluding hydrogens is 929 g/mol. The van der Waals surface area contributed by atoms with E-state index in [4.69, 9.17) is 28.9 Å². The smallest absolute Gasteiger partial charge is 0.312 e. The Labute approximate surface area is 426 Å². The number of carbonyl (C=O) groups excluding carboxylic acids is 3. The van der Waals surface area contributed by atoms with Crippen molar-refractivity contribution in [1.29, 1.82) is 0 Å². The maximum atomic E-state index is 15.2. The van der Waals surface area contributed by atoms with Crippen molar-refractivity contribution < 1.29 is 53.8 Å². The number of ketones is 1. The Hall–Kier alpha value is -6.39. The number of carbonyl (C=O) groups is 3. The summed E-state index contributed by atoms with van der Waals surface area (Å²) in [5, 5.41) is 51.3. The van der Waals surface area contributed by atoms with E-state index in [-0.39, 0.29) is 61.7 Å². The Morgan fingerprint density at radius 1 is 0.849 bits per heavy atom. The molecule has 0 saturated carbocycles. The zero-order valence-electron chi connectivity index (χ0n) is 43.5. The lowest BCUT2D eigenvalue weighted by Crippen LogP contribution is -2.46. The number of benzene rings is 4. The molecule has 1 spiro atoms. The number of aromatic hydroxyl groups is 2. The number of aliphatic hydroxyl groups is 2. The molecule has 1 saturated heterocycles. The molecule has 1 unspecified atom stereocenters. The molecule has 4 heterocycles. The van der Waals surface area contributed by atoms with Gasteiger partial charge in [0.15, 0.2) is 11.4 Å². The number of allylic oxidation sites excluding steroid dienone is 2. The second kappa shape index (κ2) is 21.2. The number of nitrogens with zero attached hydrogens (tertiary/aromatic N) is 3. The number of hydrogen-bond acceptors (Lipinski definition) is 14. The van der Waals surface area contributed by atoms with Crippen molar-refractivity contribution >= 4 is 34.1 Å². The minimum atomic E-state index is -2.01. The fourth-order valence-electron chi connectivity index (χ4n) is 11.3. The van der Waals surface area contributed by atoms with E-state index >= 15 is 4.79 Å². The third-order valence-electron chi connectivity index (χ3n) is 15.6. The number of phenolic OH excluding ortho intramolecular Hbond substituents is 2. The van der Waals surface area contributed by atoms with Crippen LogP contribution in [-0.2, 0) is 23.8 Å². The van der Waals surface area contributed by atoms with E-state index in [1.807, 2.05) is 36.4 Å². The van der Waals surface area contributed by atoms with Crippen molar-refractivity contribution in [2.45, 2.75) is 136 Å². The van der Waals surface area contributed by atoms with Gasteiger partial charge in [-0.25, -0.2) is 0 Å². The summed E-state index contributed by atoms with van der Waals surface area (Å²) >= 11 is 0. The van der Waals surface area contributed by atoms with Crippen LogP contribution in [0.2, 0.25) is 0 Å². The number of aliphatic hydroxyl groups excluding tert-OH is 2. The average Bonchev–Trinajstić information content (AvgIpc) is 3.88. The number of phenols is 2. The largest absolute Gasteiger partial charge is 0.507 e. The quantitative estimate of drug-likeness (QED) is 0.0874. The second-order valence-electron chi connectivity index (χ2n) is 20.6. The summed E-state index contributed by atoms with van der Waals surface area (Å²) in [6.07, 6.45) is 6.65. The van der Waals surface area contributed by atoms with Crippen LogP contribution in [0.25, 0.3) is 10.8 Å². The molecule has 4 aromatic rings. The Morgan fingerprint density at radius 3 is 2.05 bits per heavy atom. The van der Waals surface area contributed by atoms with E-state index < -0.39 is 88.7 Å². The first-order valence-corrected chi connectivity index (χ1v) is 25.5. The fraction of sp³-hybridized carbons (Fsp3) is 0.466. The predicted octanol–water partition coefficient (Wildman–Crippen LogP) is 8.38. The van der Waals surface area contributed by atoms with Gasteiger partial charge >= 0.3 is 11.8 Å². The highest BCUT2D eigenvalue weighted by Gasteiger charge is 2.52. The Kier molecular flexibility index (Phi) is 15.4. The van der Waals surface area contributed by atoms with E-state index in [0.29, 0.717) is 12.8 Å². The van der Waals surface area contributed by atoms with Gasteiger partial charge in [-0.3, -0.25) is 29.3 Å². The number of likely N-dealkylation sites (tertiary alicyclic amines) is 1. The molecular formula is C58H70N4O11. The molecule has 4 bridgehead atoms. The van der Waals surface area contributed by atoms with E-state index in [1.165, 1.54) is 27.2 Å². The monoisotopic (exact) mass is 999 g/mol. The number of esters is 1. The van der Waals surface area contributed by atoms with Gasteiger partial charge in [-0.2, -0.15) is 0 Å². The maximum absolute atomic E-state index is 15.2. The minimum absolute atomic E-state index is 0.0109. The van der Waals surface area contributed by atoms with Crippen molar-refractivity contribution in [1.82, 2.24) is 4.90 Å². The SMILES string of the molecule is CCCCN1[C@@H](c2ccccc2)CC2(C[C@H]1c1ccccc1)N=c1c3c(O)c4c(O)c(C)c5c(c4c1=N2)C(=O)[C@@](C)(O/C=C/[C@H](OC)[C@@H](C)[C@@H](OC(C)=O)[C@@H](C)[C@@H](O)[C@H](C)[C@@H](O)[C@@H](C)/C=C/C=C(/C)C(=O)N3)O5. The molecule has 4 aliphatic heterocycles. The number of anilines is 1. The fourth-order valence-corrected chi connectivity index (χ4v) is 11.3. The average molecular weight is 999 g/mol. The van der Waals surface area contributed by atoms with E-state index in [0.717, 1.165) is 30.5 Å². The molecule has 5 N–H and O–H groups in total. The highest BCUT2D eigenvalue weighted by atomic mass is 16.7. The molecule has 73 heavy (non-hydrogen) atoms. The van der Waals surface area contributed by atoms with Crippen molar-refractivity contribution in [2.24, 2.45) is 33.7 Å². The Balaban J connectivity index is 1.35. The van der Waals surface area contributed by atoms with Gasteiger partial charge in [0.05, 0.1) is 40.9 Å². The van der Waals surface area contributed by atoms with E-state index in [2.05, 4.69) is 41.4 Å². The lowest BCUT2D eigenvalue weighted by Gasteiger charge is -2.48. The summed E-state index contributed by atoms with van der Waals surface area (Å²) in [5.74, 6) is -7.17. The molecule has 1 fully saturated rings. The number of Topliss-reactive ketones (excluding diaryl/α,β-unsaturated/α-hetero) is 1. The first-order valence-electron chi connectivity index (χ1n) is 25.5. The van der Waals surface area contributed by atoms with Gasteiger partial charge < -0.3 is 44.7 Å². The van der Waals surface area contributed by atoms with Crippen molar-refractivity contribution in [3.05, 3.63) is 130 Å². The molecule has 0 radical (unpaired) electrons. The normalized spacial score (nSPS) is 32.4. The van der Waals surface area contributed by atoms with Gasteiger partial charge in [0.2, 0.25) is 0 Å². The van der Waals surface area contributed by atoms with Crippen LogP contribution in [0.1, 0.15) is 120 Å². The highest BCUT2D eigenvalue weighted by molar-refractivity contribution is 6.19. The number of methoxy groups -OCH3 is 1. The van der Waals surface area contributed by atoms with Crippen LogP contribution >= 0.6 is 0 Å². The zero-order valence-corrected chi connectivity index (χ0v) is 43.5. The molecule has 388 valence electrons. The molecule has 15 nitrogen and oxygen atoms in total. The lowest BCUT2D eigenvalue weighted by atomic mass is 9.78. The summed E-state index contributed by atoms with van der Waals surface area (Å²) in [6.45, 7) is 15.9. The van der Waals surface area contributed by atoms with Crippen LogP contribution < -0.4 is 20.8 Å². The molecule has 0 aromatic heterocycles. The third kappa shape index (κ3) is 9.92. The van der Waals surface area contributed by atoms with Crippen LogP contribution in [0.4, 0.5) is 5.69 Å². The summed E-state index contributed by atoms with van der Waals surface area (Å²) < 4.78 is 24.4. The molecule has 4 aromatic carbocycles. The van der Waals surface area contributed by atoms with Crippen LogP contribution in [0.15, 0.2) is 107 Å². The Bertz CT molecular complexity index is 2930. The summed E-state index contributed by atoms with van der Waals surface area (Å²) in [7, 11) is 1.47. The number of piperidine rings is 1. The standard InChI is InChI=1S/C58H70N4O11/c1-11-12-27-62-40(38-22-15-13-16-23-38)29-58(30-41(62)39-24-17-14-18-25-39)60-46-43-44-51(66)36(7)54-45(43)55(68)57(9,73-54)71-28-26-42(70-10)33(4)53(72-37(8)63)35(6)50(65)34(5)49(64)31(2)20-19-21-32(3)56(69)59-48(52(44)67)47(46)61-58/h13-26,28,31,33-35,40-42,49-50,53,64-67H,11-12,27,29-30H2,1-10H3,(H,59,69)/b20-19+,28-26+,32-21-/t31-,33+,34+,35-,40-,41+,42-,49-,50-,53+,57-,58?/m0/s1. The van der Waals surface area contributed by atoms with Gasteiger partial charge in [0, 0.05) is 86.1 Å². The Morgan fingerprint density at radius 2 is 1.47 bits per heavy atom. The third-order valence-corrected chi connectivity index (χ3v) is 15.6. The number of hydrogen-bond donors (Lipinski definition) is 5. The molecule has 15 heteroatoms. The topological polar surface area (TPSA) is 209 Å². The summed E-state index contributed by atoms with van der Waals surface area (Å²) in [5.41, 5.74) is 1.24. The minimum Gasteiger partial charge on any atom is -0.507 e. The zero-order chi connectivity index (χ0) is 52.7. The van der Waals surface area contributed by atoms with Gasteiger partial charge in [0.25, 0.3) is 11.7 Å². The summed E-state index contributed by atoms with van der Waals surface area (Å²) in [6, 6.07) is 20.1. The summed E-state index contributed by atoms with van der Waals surface area (Å²) in [4.78, 5) is 55.6.